The first-order valence-electron chi connectivity index (χ1n) is 11.2. The summed E-state index contributed by atoms with van der Waals surface area (Å²) in [5, 5.41) is 23.1. The highest BCUT2D eigenvalue weighted by atomic mass is 16.5. The van der Waals surface area contributed by atoms with Gasteiger partial charge in [0.1, 0.15) is 5.60 Å². The Kier molecular flexibility index (Phi) is 5.06. The topological polar surface area (TPSA) is 101 Å². The lowest BCUT2D eigenvalue weighted by atomic mass is 9.44. The van der Waals surface area contributed by atoms with Gasteiger partial charge in [0.05, 0.1) is 6.10 Å². The van der Waals surface area contributed by atoms with Crippen molar-refractivity contribution in [2.75, 3.05) is 6.61 Å². The van der Waals surface area contributed by atoms with E-state index < -0.39 is 35.5 Å². The molecule has 3 fully saturated rings. The van der Waals surface area contributed by atoms with Gasteiger partial charge < -0.3 is 14.9 Å². The Morgan fingerprint density at radius 3 is 2.63 bits per heavy atom. The van der Waals surface area contributed by atoms with Gasteiger partial charge in [0.15, 0.2) is 12.4 Å². The number of aliphatic hydroxyl groups is 2. The number of Topliss-reactive ketones (excluding diaryl/α,β-unsaturated/α-hetero) is 1. The van der Waals surface area contributed by atoms with Gasteiger partial charge in [0.25, 0.3) is 0 Å². The summed E-state index contributed by atoms with van der Waals surface area (Å²) >= 11 is 0. The fraction of sp³-hybridized carbons (Fsp3) is 0.792. The molecule has 3 saturated carbocycles. The van der Waals surface area contributed by atoms with Crippen LogP contribution in [-0.4, -0.2) is 46.1 Å². The summed E-state index contributed by atoms with van der Waals surface area (Å²) in [5.74, 6) is -0.625. The zero-order valence-electron chi connectivity index (χ0n) is 18.4. The quantitative estimate of drug-likeness (QED) is 0.683. The van der Waals surface area contributed by atoms with Crippen LogP contribution in [0.4, 0.5) is 0 Å². The molecule has 0 aromatic rings. The number of allylic oxidation sites excluding steroid dienone is 2. The van der Waals surface area contributed by atoms with Gasteiger partial charge >= 0.3 is 5.97 Å². The third-order valence-corrected chi connectivity index (χ3v) is 9.39. The van der Waals surface area contributed by atoms with Crippen LogP contribution in [0.5, 0.6) is 0 Å². The Morgan fingerprint density at radius 2 is 1.97 bits per heavy atom. The first-order valence-corrected chi connectivity index (χ1v) is 11.2. The van der Waals surface area contributed by atoms with Crippen molar-refractivity contribution in [3.63, 3.8) is 0 Å². The number of aliphatic hydroxyl groups excluding tert-OH is 1. The minimum Gasteiger partial charge on any atom is -0.458 e. The molecule has 6 heteroatoms. The fourth-order valence-electron chi connectivity index (χ4n) is 7.96. The monoisotopic (exact) mass is 418 g/mol. The SMILES string of the molecule is CC(=O)OCC(=O)[C@@]1(O)[C@H](C)C[C@@H]2[C@@H]3CC[C@@H]4CC(=O)C=C[C@]4(C)[C@H]3[C@H](O)C[C@]21C. The van der Waals surface area contributed by atoms with Crippen LogP contribution in [-0.2, 0) is 19.1 Å². The second-order valence-electron chi connectivity index (χ2n) is 10.7. The molecule has 30 heavy (non-hydrogen) atoms. The zero-order chi connectivity index (χ0) is 22.1. The normalized spacial score (nSPS) is 49.7. The van der Waals surface area contributed by atoms with Crippen molar-refractivity contribution in [2.24, 2.45) is 40.4 Å². The van der Waals surface area contributed by atoms with E-state index in [0.717, 1.165) is 12.8 Å². The Hall–Kier alpha value is -1.53. The highest BCUT2D eigenvalue weighted by Crippen LogP contribution is 2.68. The summed E-state index contributed by atoms with van der Waals surface area (Å²) in [6.07, 6.45) is 6.40. The largest absolute Gasteiger partial charge is 0.458 e. The van der Waals surface area contributed by atoms with E-state index in [2.05, 4.69) is 6.92 Å². The maximum absolute atomic E-state index is 13.1. The van der Waals surface area contributed by atoms with Gasteiger partial charge in [-0.25, -0.2) is 0 Å². The second kappa shape index (κ2) is 6.99. The van der Waals surface area contributed by atoms with Crippen molar-refractivity contribution < 1.29 is 29.3 Å². The molecule has 4 aliphatic carbocycles. The number of carbonyl (C=O) groups is 3. The zero-order valence-corrected chi connectivity index (χ0v) is 18.4. The minimum absolute atomic E-state index is 0.0109. The summed E-state index contributed by atoms with van der Waals surface area (Å²) in [6, 6.07) is 0. The number of esters is 1. The van der Waals surface area contributed by atoms with Crippen molar-refractivity contribution in [3.05, 3.63) is 12.2 Å². The van der Waals surface area contributed by atoms with E-state index >= 15 is 0 Å². The van der Waals surface area contributed by atoms with E-state index in [4.69, 9.17) is 4.74 Å². The van der Waals surface area contributed by atoms with Crippen molar-refractivity contribution in [1.29, 1.82) is 0 Å². The smallest absolute Gasteiger partial charge is 0.303 e. The van der Waals surface area contributed by atoms with Gasteiger partial charge in [-0.05, 0) is 66.8 Å². The number of ketones is 2. The number of hydrogen-bond donors (Lipinski definition) is 2. The van der Waals surface area contributed by atoms with E-state index in [1.165, 1.54) is 6.92 Å². The van der Waals surface area contributed by atoms with Gasteiger partial charge in [0.2, 0.25) is 5.78 Å². The predicted octanol–water partition coefficient (Wildman–Crippen LogP) is 2.45. The van der Waals surface area contributed by atoms with Crippen LogP contribution < -0.4 is 0 Å². The lowest BCUT2D eigenvalue weighted by Gasteiger charge is -2.61. The molecule has 0 aromatic carbocycles. The molecule has 0 amide bonds. The third-order valence-electron chi connectivity index (χ3n) is 9.39. The summed E-state index contributed by atoms with van der Waals surface area (Å²) in [5.41, 5.74) is -2.65. The van der Waals surface area contributed by atoms with Gasteiger partial charge in [-0.3, -0.25) is 14.4 Å². The van der Waals surface area contributed by atoms with Crippen LogP contribution >= 0.6 is 0 Å². The third kappa shape index (κ3) is 2.79. The van der Waals surface area contributed by atoms with Crippen LogP contribution in [0.15, 0.2) is 12.2 Å². The fourth-order valence-corrected chi connectivity index (χ4v) is 7.96. The molecule has 4 rings (SSSR count). The molecule has 6 nitrogen and oxygen atoms in total. The summed E-state index contributed by atoms with van der Waals surface area (Å²) in [4.78, 5) is 36.3. The Morgan fingerprint density at radius 1 is 1.27 bits per heavy atom. The molecule has 0 aromatic heterocycles. The summed E-state index contributed by atoms with van der Waals surface area (Å²) < 4.78 is 4.93. The number of hydrogen-bond acceptors (Lipinski definition) is 6. The molecule has 0 unspecified atom stereocenters. The van der Waals surface area contributed by atoms with Crippen LogP contribution in [0, 0.1) is 40.4 Å². The first-order chi connectivity index (χ1) is 13.9. The van der Waals surface area contributed by atoms with Crippen molar-refractivity contribution in [3.8, 4) is 0 Å². The average molecular weight is 419 g/mol. The number of rotatable bonds is 3. The highest BCUT2D eigenvalue weighted by Gasteiger charge is 2.70. The molecule has 4 aliphatic rings. The maximum atomic E-state index is 13.1. The number of fused-ring (bicyclic) bond motifs is 5. The second-order valence-corrected chi connectivity index (χ2v) is 10.7. The van der Waals surface area contributed by atoms with Gasteiger partial charge in [-0.1, -0.05) is 26.8 Å². The molecule has 0 heterocycles. The highest BCUT2D eigenvalue weighted by molar-refractivity contribution is 5.92. The molecule has 0 spiro atoms. The lowest BCUT2D eigenvalue weighted by Crippen LogP contribution is -2.63. The van der Waals surface area contributed by atoms with Crippen LogP contribution in [0.2, 0.25) is 0 Å². The molecule has 9 atom stereocenters. The van der Waals surface area contributed by atoms with Gasteiger partial charge in [-0.2, -0.15) is 0 Å². The van der Waals surface area contributed by atoms with E-state index in [1.54, 1.807) is 6.08 Å². The summed E-state index contributed by atoms with van der Waals surface area (Å²) in [7, 11) is 0. The standard InChI is InChI=1S/C24H34O6/c1-13-9-18-17-6-5-15-10-16(26)7-8-22(15,3)21(17)19(27)11-23(18,4)24(13,29)20(28)12-30-14(2)25/h7-8,13,15,17-19,21,27,29H,5-6,9-12H2,1-4H3/t13-,15-,17+,18-,19-,21-,22+,23-,24+/m1/s1. The average Bonchev–Trinajstić information content (AvgIpc) is 2.87. The Bertz CT molecular complexity index is 804. The molecule has 0 saturated heterocycles. The Balaban J connectivity index is 1.69. The maximum Gasteiger partial charge on any atom is 0.303 e. The van der Waals surface area contributed by atoms with Crippen molar-refractivity contribution in [2.45, 2.75) is 71.5 Å². The molecule has 0 bridgehead atoms. The van der Waals surface area contributed by atoms with Gasteiger partial charge in [-0.15, -0.1) is 0 Å². The summed E-state index contributed by atoms with van der Waals surface area (Å²) in [6.45, 7) is 6.80. The Labute approximate surface area is 178 Å². The van der Waals surface area contributed by atoms with Crippen LogP contribution in [0.1, 0.15) is 59.8 Å². The van der Waals surface area contributed by atoms with Crippen molar-refractivity contribution in [1.82, 2.24) is 0 Å². The van der Waals surface area contributed by atoms with Gasteiger partial charge in [0, 0.05) is 18.8 Å². The first kappa shape index (κ1) is 21.7. The molecular formula is C24H34O6. The van der Waals surface area contributed by atoms with E-state index in [9.17, 15) is 24.6 Å². The molecule has 166 valence electrons. The molecular weight excluding hydrogens is 384 g/mol. The lowest BCUT2D eigenvalue weighted by molar-refractivity contribution is -0.194. The van der Waals surface area contributed by atoms with Crippen LogP contribution in [0.25, 0.3) is 0 Å². The van der Waals surface area contributed by atoms with E-state index in [-0.39, 0.29) is 40.8 Å². The molecule has 2 N–H and O–H groups in total. The van der Waals surface area contributed by atoms with Crippen molar-refractivity contribution >= 4 is 17.5 Å². The predicted molar refractivity (Wildman–Crippen MR) is 109 cm³/mol. The number of carbonyl (C=O) groups excluding carboxylic acids is 3. The number of ether oxygens (including phenoxy) is 1. The van der Waals surface area contributed by atoms with E-state index in [0.29, 0.717) is 19.3 Å². The van der Waals surface area contributed by atoms with Crippen LogP contribution in [0.3, 0.4) is 0 Å². The molecule has 0 radical (unpaired) electrons. The van der Waals surface area contributed by atoms with E-state index in [1.807, 2.05) is 19.9 Å². The minimum atomic E-state index is -1.63. The molecule has 0 aliphatic heterocycles.